The van der Waals surface area contributed by atoms with Crippen molar-refractivity contribution in [2.45, 2.75) is 19.3 Å². The molecule has 1 atom stereocenters. The first-order chi connectivity index (χ1) is 7.24. The normalized spacial score (nSPS) is 12.5. The van der Waals surface area contributed by atoms with Gasteiger partial charge in [-0.3, -0.25) is 4.79 Å². The fourth-order valence-corrected chi connectivity index (χ4v) is 2.52. The minimum atomic E-state index is 0.0274. The maximum absolute atomic E-state index is 10.9. The van der Waals surface area contributed by atoms with Crippen molar-refractivity contribution in [2.24, 2.45) is 5.92 Å². The van der Waals surface area contributed by atoms with E-state index in [1.54, 1.807) is 6.26 Å². The van der Waals surface area contributed by atoms with E-state index in [9.17, 15) is 4.79 Å². The summed E-state index contributed by atoms with van der Waals surface area (Å²) in [6, 6.07) is 0. The molecule has 0 heterocycles. The highest BCUT2D eigenvalue weighted by atomic mass is 33.1. The molecule has 0 radical (unpaired) electrons. The zero-order chi connectivity index (χ0) is 11.5. The molecule has 1 unspecified atom stereocenters. The highest BCUT2D eigenvalue weighted by Crippen LogP contribution is 2.16. The Balaban J connectivity index is 3.32. The molecule has 90 valence electrons. The number of amides is 1. The molecule has 0 fully saturated rings. The van der Waals surface area contributed by atoms with Crippen LogP contribution in [0.3, 0.4) is 0 Å². The number of unbranched alkanes of at least 4 members (excludes halogenated alkanes) is 1. The van der Waals surface area contributed by atoms with Crippen LogP contribution < -0.4 is 5.32 Å². The largest absolute Gasteiger partial charge is 0.396 e. The van der Waals surface area contributed by atoms with Gasteiger partial charge in [0.05, 0.1) is 0 Å². The first-order valence-electron chi connectivity index (χ1n) is 4.93. The molecule has 6 heteroatoms. The molecule has 0 aromatic heterocycles. The number of thioether (sulfide) groups is 1. The average Bonchev–Trinajstić information content (AvgIpc) is 2.26. The molecule has 15 heavy (non-hydrogen) atoms. The zero-order valence-corrected chi connectivity index (χ0v) is 11.5. The Kier molecular flexibility index (Phi) is 11.3. The van der Waals surface area contributed by atoms with Crippen molar-refractivity contribution in [1.29, 1.82) is 0 Å². The molecule has 0 aromatic carbocycles. The summed E-state index contributed by atoms with van der Waals surface area (Å²) in [5, 5.41) is 11.8. The number of rotatable bonds is 8. The Bertz CT molecular complexity index is 169. The van der Waals surface area contributed by atoms with Gasteiger partial charge in [0, 0.05) is 18.9 Å². The summed E-state index contributed by atoms with van der Waals surface area (Å²) in [5.41, 5.74) is 0. The van der Waals surface area contributed by atoms with Gasteiger partial charge in [0.25, 0.3) is 5.24 Å². The standard InChI is InChI=1S/C9H19NO2S3/c1-14-9(12)10-5-3-2-4-8(6-11)7-15-13/h8,11,13H,2-7H2,1H3,(H,10,12). The van der Waals surface area contributed by atoms with Gasteiger partial charge in [-0.05, 0) is 25.0 Å². The number of carbonyl (C=O) groups is 1. The van der Waals surface area contributed by atoms with Gasteiger partial charge >= 0.3 is 0 Å². The van der Waals surface area contributed by atoms with Crippen molar-refractivity contribution in [1.82, 2.24) is 5.32 Å². The fraction of sp³-hybridized carbons (Fsp3) is 0.889. The first-order valence-corrected chi connectivity index (χ1v) is 8.19. The Hall–Kier alpha value is 0.480. The van der Waals surface area contributed by atoms with E-state index in [4.69, 9.17) is 5.11 Å². The summed E-state index contributed by atoms with van der Waals surface area (Å²) in [4.78, 5) is 10.9. The smallest absolute Gasteiger partial charge is 0.278 e. The van der Waals surface area contributed by atoms with E-state index in [1.807, 2.05) is 0 Å². The second-order valence-corrected chi connectivity index (χ2v) is 5.40. The molecule has 0 aliphatic rings. The second kappa shape index (κ2) is 11.0. The summed E-state index contributed by atoms with van der Waals surface area (Å²) >= 11 is 5.26. The van der Waals surface area contributed by atoms with Crippen molar-refractivity contribution in [3.05, 3.63) is 0 Å². The van der Waals surface area contributed by atoms with Crippen LogP contribution >= 0.6 is 34.2 Å². The lowest BCUT2D eigenvalue weighted by Crippen LogP contribution is -2.19. The van der Waals surface area contributed by atoms with Gasteiger partial charge in [-0.15, -0.1) is 11.7 Å². The summed E-state index contributed by atoms with van der Waals surface area (Å²) < 4.78 is 0. The number of hydrogen-bond acceptors (Lipinski definition) is 5. The zero-order valence-electron chi connectivity index (χ0n) is 8.94. The van der Waals surface area contributed by atoms with Gasteiger partial charge < -0.3 is 10.4 Å². The summed E-state index contributed by atoms with van der Waals surface area (Å²) in [6.45, 7) is 0.955. The van der Waals surface area contributed by atoms with Crippen LogP contribution in [0.2, 0.25) is 0 Å². The van der Waals surface area contributed by atoms with Crippen LogP contribution in [0.15, 0.2) is 0 Å². The van der Waals surface area contributed by atoms with Crippen LogP contribution in [0.25, 0.3) is 0 Å². The first kappa shape index (κ1) is 15.5. The Labute approximate surface area is 105 Å². The SMILES string of the molecule is CSC(=O)NCCCCC(CO)CSS. The molecule has 2 N–H and O–H groups in total. The minimum absolute atomic E-state index is 0.0274. The van der Waals surface area contributed by atoms with Gasteiger partial charge in [-0.25, -0.2) is 0 Å². The third kappa shape index (κ3) is 9.41. The van der Waals surface area contributed by atoms with Crippen LogP contribution in [0, 0.1) is 5.92 Å². The van der Waals surface area contributed by atoms with Crippen molar-refractivity contribution in [3.8, 4) is 0 Å². The molecule has 0 bridgehead atoms. The molecule has 0 spiro atoms. The quantitative estimate of drug-likeness (QED) is 0.360. The summed E-state index contributed by atoms with van der Waals surface area (Å²) in [5.74, 6) is 1.22. The average molecular weight is 269 g/mol. The number of nitrogens with one attached hydrogen (secondary N) is 1. The third-order valence-electron chi connectivity index (χ3n) is 2.06. The minimum Gasteiger partial charge on any atom is -0.396 e. The van der Waals surface area contributed by atoms with E-state index in [0.29, 0.717) is 5.92 Å². The topological polar surface area (TPSA) is 49.3 Å². The van der Waals surface area contributed by atoms with E-state index >= 15 is 0 Å². The molecule has 1 amide bonds. The molecule has 0 aliphatic heterocycles. The van der Waals surface area contributed by atoms with Crippen molar-refractivity contribution in [2.75, 3.05) is 25.2 Å². The highest BCUT2D eigenvalue weighted by molar-refractivity contribution is 8.68. The van der Waals surface area contributed by atoms with Crippen LogP contribution in [0.1, 0.15) is 19.3 Å². The molecule has 0 aromatic rings. The molecular weight excluding hydrogens is 250 g/mol. The van der Waals surface area contributed by atoms with Crippen LogP contribution in [-0.2, 0) is 0 Å². The molecular formula is C9H19NO2S3. The van der Waals surface area contributed by atoms with E-state index < -0.39 is 0 Å². The lowest BCUT2D eigenvalue weighted by atomic mass is 10.1. The molecule has 0 rings (SSSR count). The molecule has 0 aliphatic carbocycles. The number of aliphatic hydroxyl groups excluding tert-OH is 1. The van der Waals surface area contributed by atoms with Gasteiger partial charge in [-0.2, -0.15) is 0 Å². The Morgan fingerprint density at radius 3 is 2.80 bits per heavy atom. The lowest BCUT2D eigenvalue weighted by Gasteiger charge is -2.11. The van der Waals surface area contributed by atoms with Gasteiger partial charge in [0.1, 0.15) is 0 Å². The van der Waals surface area contributed by atoms with Crippen molar-refractivity contribution < 1.29 is 9.90 Å². The van der Waals surface area contributed by atoms with E-state index in [-0.39, 0.29) is 11.8 Å². The fourth-order valence-electron chi connectivity index (χ4n) is 1.15. The van der Waals surface area contributed by atoms with E-state index in [2.05, 4.69) is 17.0 Å². The summed E-state index contributed by atoms with van der Waals surface area (Å²) in [6.07, 6.45) is 4.77. The molecule has 0 saturated heterocycles. The molecule has 3 nitrogen and oxygen atoms in total. The maximum atomic E-state index is 10.9. The van der Waals surface area contributed by atoms with Crippen LogP contribution in [-0.4, -0.2) is 35.5 Å². The molecule has 0 saturated carbocycles. The Morgan fingerprint density at radius 1 is 1.53 bits per heavy atom. The van der Waals surface area contributed by atoms with Gasteiger partial charge in [0.2, 0.25) is 0 Å². The Morgan fingerprint density at radius 2 is 2.27 bits per heavy atom. The van der Waals surface area contributed by atoms with Gasteiger partial charge in [-0.1, -0.05) is 29.0 Å². The van der Waals surface area contributed by atoms with Crippen molar-refractivity contribution in [3.63, 3.8) is 0 Å². The number of carbonyl (C=O) groups excluding carboxylic acids is 1. The lowest BCUT2D eigenvalue weighted by molar-refractivity contribution is 0.230. The van der Waals surface area contributed by atoms with Crippen LogP contribution in [0.5, 0.6) is 0 Å². The highest BCUT2D eigenvalue weighted by Gasteiger charge is 2.06. The van der Waals surface area contributed by atoms with E-state index in [0.717, 1.165) is 31.6 Å². The van der Waals surface area contributed by atoms with Crippen molar-refractivity contribution >= 4 is 39.5 Å². The number of thiol groups is 1. The van der Waals surface area contributed by atoms with Gasteiger partial charge in [0.15, 0.2) is 0 Å². The number of hydrogen-bond donors (Lipinski definition) is 3. The predicted octanol–water partition coefficient (Wildman–Crippen LogP) is 2.42. The second-order valence-electron chi connectivity index (χ2n) is 3.26. The van der Waals surface area contributed by atoms with Crippen LogP contribution in [0.4, 0.5) is 4.79 Å². The number of aliphatic hydroxyl groups is 1. The third-order valence-corrected chi connectivity index (χ3v) is 3.65. The summed E-state index contributed by atoms with van der Waals surface area (Å²) in [7, 11) is 1.47. The monoisotopic (exact) mass is 269 g/mol. The maximum Gasteiger partial charge on any atom is 0.278 e. The predicted molar refractivity (Wildman–Crippen MR) is 72.8 cm³/mol. The van der Waals surface area contributed by atoms with E-state index in [1.165, 1.54) is 22.6 Å².